The smallest absolute Gasteiger partial charge is 0.368 e. The SMILES string of the molecule is NC(C(=O)N1CCN(c2ccc3[nH]ncc3c2)CC1)c1ccc(C(F)(F)F)cc1. The number of nitrogens with one attached hydrogen (secondary N) is 1. The van der Waals surface area contributed by atoms with Crippen molar-refractivity contribution in [1.82, 2.24) is 15.1 Å². The molecule has 0 bridgehead atoms. The number of amides is 1. The molecule has 0 spiro atoms. The Bertz CT molecular complexity index is 1010. The molecule has 1 atom stereocenters. The molecule has 1 amide bonds. The summed E-state index contributed by atoms with van der Waals surface area (Å²) >= 11 is 0. The number of nitrogens with zero attached hydrogens (tertiary/aromatic N) is 3. The Morgan fingerprint density at radius 3 is 2.41 bits per heavy atom. The maximum atomic E-state index is 12.7. The molecule has 1 aliphatic heterocycles. The number of carbonyl (C=O) groups is 1. The zero-order valence-electron chi connectivity index (χ0n) is 15.5. The van der Waals surface area contributed by atoms with Gasteiger partial charge in [-0.25, -0.2) is 0 Å². The van der Waals surface area contributed by atoms with Gasteiger partial charge in [-0.05, 0) is 35.9 Å². The van der Waals surface area contributed by atoms with Crippen molar-refractivity contribution in [2.45, 2.75) is 12.2 Å². The number of aromatic nitrogens is 2. The maximum absolute atomic E-state index is 12.7. The van der Waals surface area contributed by atoms with Gasteiger partial charge in [0.15, 0.2) is 0 Å². The van der Waals surface area contributed by atoms with Crippen molar-refractivity contribution in [3.63, 3.8) is 0 Å². The van der Waals surface area contributed by atoms with Crippen LogP contribution in [0.15, 0.2) is 48.7 Å². The van der Waals surface area contributed by atoms with E-state index in [9.17, 15) is 18.0 Å². The van der Waals surface area contributed by atoms with E-state index in [2.05, 4.69) is 15.1 Å². The Kier molecular flexibility index (Phi) is 4.91. The number of hydrogen-bond donors (Lipinski definition) is 2. The highest BCUT2D eigenvalue weighted by atomic mass is 19.4. The van der Waals surface area contributed by atoms with Crippen LogP contribution in [-0.4, -0.2) is 47.2 Å². The van der Waals surface area contributed by atoms with Crippen LogP contribution < -0.4 is 10.6 Å². The molecule has 1 unspecified atom stereocenters. The summed E-state index contributed by atoms with van der Waals surface area (Å²) in [5.41, 5.74) is 7.66. The van der Waals surface area contributed by atoms with E-state index in [4.69, 9.17) is 5.73 Å². The van der Waals surface area contributed by atoms with E-state index < -0.39 is 17.8 Å². The average molecular weight is 403 g/mol. The van der Waals surface area contributed by atoms with Crippen LogP contribution >= 0.6 is 0 Å². The number of benzene rings is 2. The Labute approximate surface area is 165 Å². The number of alkyl halides is 3. The van der Waals surface area contributed by atoms with Crippen LogP contribution in [0.5, 0.6) is 0 Å². The summed E-state index contributed by atoms with van der Waals surface area (Å²) in [6.45, 7) is 2.29. The molecule has 1 aromatic heterocycles. The summed E-state index contributed by atoms with van der Waals surface area (Å²) in [6.07, 6.45) is -2.65. The van der Waals surface area contributed by atoms with Crippen molar-refractivity contribution in [2.24, 2.45) is 5.73 Å². The molecule has 2 aromatic carbocycles. The molecular formula is C20H20F3N5O. The fourth-order valence-electron chi connectivity index (χ4n) is 3.53. The third kappa shape index (κ3) is 3.91. The van der Waals surface area contributed by atoms with E-state index in [-0.39, 0.29) is 5.91 Å². The van der Waals surface area contributed by atoms with Crippen LogP contribution in [0.1, 0.15) is 17.2 Å². The number of rotatable bonds is 3. The second kappa shape index (κ2) is 7.40. The number of hydrogen-bond acceptors (Lipinski definition) is 4. The number of carbonyl (C=O) groups excluding carboxylic acids is 1. The molecule has 4 rings (SSSR count). The number of aromatic amines is 1. The van der Waals surface area contributed by atoms with Gasteiger partial charge < -0.3 is 15.5 Å². The Balaban J connectivity index is 1.39. The highest BCUT2D eigenvalue weighted by molar-refractivity contribution is 5.84. The predicted molar refractivity (Wildman–Crippen MR) is 103 cm³/mol. The fraction of sp³-hybridized carbons (Fsp3) is 0.300. The number of H-pyrrole nitrogens is 1. The van der Waals surface area contributed by atoms with Gasteiger partial charge in [-0.2, -0.15) is 18.3 Å². The highest BCUT2D eigenvalue weighted by Crippen LogP contribution is 2.30. The van der Waals surface area contributed by atoms with Crippen LogP contribution in [0, 0.1) is 0 Å². The van der Waals surface area contributed by atoms with Crippen LogP contribution in [0.3, 0.4) is 0 Å². The molecular weight excluding hydrogens is 383 g/mol. The molecule has 3 aromatic rings. The number of fused-ring (bicyclic) bond motifs is 1. The molecule has 1 aliphatic rings. The first-order chi connectivity index (χ1) is 13.8. The largest absolute Gasteiger partial charge is 0.416 e. The monoisotopic (exact) mass is 403 g/mol. The van der Waals surface area contributed by atoms with Gasteiger partial charge in [0.2, 0.25) is 5.91 Å². The van der Waals surface area contributed by atoms with Crippen LogP contribution in [0.2, 0.25) is 0 Å². The molecule has 152 valence electrons. The Morgan fingerprint density at radius 2 is 1.76 bits per heavy atom. The minimum absolute atomic E-state index is 0.283. The Hall–Kier alpha value is -3.07. The maximum Gasteiger partial charge on any atom is 0.416 e. The summed E-state index contributed by atoms with van der Waals surface area (Å²) in [5.74, 6) is -0.283. The summed E-state index contributed by atoms with van der Waals surface area (Å²) < 4.78 is 38.1. The second-order valence-electron chi connectivity index (χ2n) is 7.05. The summed E-state index contributed by atoms with van der Waals surface area (Å²) in [4.78, 5) is 16.6. The molecule has 9 heteroatoms. The molecule has 0 radical (unpaired) electrons. The molecule has 1 fully saturated rings. The highest BCUT2D eigenvalue weighted by Gasteiger charge is 2.31. The van der Waals surface area contributed by atoms with Crippen molar-refractivity contribution in [2.75, 3.05) is 31.1 Å². The van der Waals surface area contributed by atoms with Gasteiger partial charge in [-0.1, -0.05) is 12.1 Å². The van der Waals surface area contributed by atoms with Gasteiger partial charge in [0.25, 0.3) is 0 Å². The van der Waals surface area contributed by atoms with Crippen LogP contribution in [0.4, 0.5) is 18.9 Å². The predicted octanol–water partition coefficient (Wildman–Crippen LogP) is 2.93. The van der Waals surface area contributed by atoms with Crippen molar-refractivity contribution in [1.29, 1.82) is 0 Å². The summed E-state index contributed by atoms with van der Waals surface area (Å²) in [7, 11) is 0. The summed E-state index contributed by atoms with van der Waals surface area (Å²) in [5, 5.41) is 7.95. The molecule has 0 saturated carbocycles. The van der Waals surface area contributed by atoms with Gasteiger partial charge in [0.1, 0.15) is 6.04 Å². The normalized spacial score (nSPS) is 16.3. The molecule has 1 saturated heterocycles. The van der Waals surface area contributed by atoms with Gasteiger partial charge in [0.05, 0.1) is 17.3 Å². The minimum Gasteiger partial charge on any atom is -0.368 e. The first kappa shape index (κ1) is 19.3. The topological polar surface area (TPSA) is 78.3 Å². The zero-order chi connectivity index (χ0) is 20.6. The molecule has 29 heavy (non-hydrogen) atoms. The van der Waals surface area contributed by atoms with E-state index in [0.717, 1.165) is 28.7 Å². The zero-order valence-corrected chi connectivity index (χ0v) is 15.5. The van der Waals surface area contributed by atoms with E-state index >= 15 is 0 Å². The first-order valence-electron chi connectivity index (χ1n) is 9.22. The van der Waals surface area contributed by atoms with Gasteiger partial charge >= 0.3 is 6.18 Å². The number of nitrogens with two attached hydrogens (primary N) is 1. The lowest BCUT2D eigenvalue weighted by Crippen LogP contribution is -2.51. The molecule has 3 N–H and O–H groups in total. The van der Waals surface area contributed by atoms with Crippen molar-refractivity contribution in [3.05, 3.63) is 59.8 Å². The lowest BCUT2D eigenvalue weighted by molar-refractivity contribution is -0.137. The Morgan fingerprint density at radius 1 is 1.07 bits per heavy atom. The number of piperazine rings is 1. The van der Waals surface area contributed by atoms with E-state index in [1.54, 1.807) is 11.1 Å². The van der Waals surface area contributed by atoms with Gasteiger partial charge in [-0.15, -0.1) is 0 Å². The van der Waals surface area contributed by atoms with Gasteiger partial charge in [-0.3, -0.25) is 9.89 Å². The van der Waals surface area contributed by atoms with Crippen molar-refractivity contribution in [3.8, 4) is 0 Å². The molecule has 0 aliphatic carbocycles. The van der Waals surface area contributed by atoms with Crippen LogP contribution in [0.25, 0.3) is 10.9 Å². The number of anilines is 1. The molecule has 2 heterocycles. The van der Waals surface area contributed by atoms with E-state index in [1.165, 1.54) is 12.1 Å². The third-order valence-electron chi connectivity index (χ3n) is 5.24. The molecule has 6 nitrogen and oxygen atoms in total. The first-order valence-corrected chi connectivity index (χ1v) is 9.22. The second-order valence-corrected chi connectivity index (χ2v) is 7.05. The van der Waals surface area contributed by atoms with Crippen molar-refractivity contribution < 1.29 is 18.0 Å². The average Bonchev–Trinajstić information content (AvgIpc) is 3.20. The van der Waals surface area contributed by atoms with E-state index in [0.29, 0.717) is 31.7 Å². The third-order valence-corrected chi connectivity index (χ3v) is 5.24. The lowest BCUT2D eigenvalue weighted by atomic mass is 10.0. The van der Waals surface area contributed by atoms with E-state index in [1.807, 2.05) is 18.2 Å². The van der Waals surface area contributed by atoms with Crippen LogP contribution in [-0.2, 0) is 11.0 Å². The standard InChI is InChI=1S/C20H20F3N5O/c21-20(22,23)15-3-1-13(2-4-15)18(24)19(29)28-9-7-27(8-10-28)16-5-6-17-14(11-16)12-25-26-17/h1-6,11-12,18H,7-10,24H2,(H,25,26). The van der Waals surface area contributed by atoms with Crippen molar-refractivity contribution >= 4 is 22.5 Å². The fourth-order valence-corrected chi connectivity index (χ4v) is 3.53. The number of halogens is 3. The quantitative estimate of drug-likeness (QED) is 0.705. The minimum atomic E-state index is -4.41. The lowest BCUT2D eigenvalue weighted by Gasteiger charge is -2.37. The summed E-state index contributed by atoms with van der Waals surface area (Å²) in [6, 6.07) is 9.47. The van der Waals surface area contributed by atoms with Gasteiger partial charge in [0, 0.05) is 37.3 Å².